The van der Waals surface area contributed by atoms with Gasteiger partial charge in [-0.3, -0.25) is 13.9 Å². The van der Waals surface area contributed by atoms with Gasteiger partial charge in [0, 0.05) is 6.20 Å². The van der Waals surface area contributed by atoms with E-state index in [2.05, 4.69) is 4.98 Å². The minimum atomic E-state index is -4.83. The van der Waals surface area contributed by atoms with Crippen molar-refractivity contribution in [2.24, 2.45) is 0 Å². The van der Waals surface area contributed by atoms with Gasteiger partial charge in [-0.25, -0.2) is 4.79 Å². The first kappa shape index (κ1) is 26.0. The Morgan fingerprint density at radius 3 is 2.27 bits per heavy atom. The monoisotopic (exact) mass is 457 g/mol. The zero-order valence-corrected chi connectivity index (χ0v) is 16.1. The molecule has 2 unspecified atom stereocenters. The van der Waals surface area contributed by atoms with Gasteiger partial charge in [0.1, 0.15) is 30.2 Å². The summed E-state index contributed by atoms with van der Waals surface area (Å²) in [4.78, 5) is 25.5. The highest BCUT2D eigenvalue weighted by Gasteiger charge is 2.43. The summed E-state index contributed by atoms with van der Waals surface area (Å²) in [5.74, 6) is 0.0537. The molecule has 0 amide bonds. The van der Waals surface area contributed by atoms with E-state index in [0.717, 1.165) is 4.57 Å². The molecule has 30 heavy (non-hydrogen) atoms. The molecule has 6 atom stereocenters. The number of anilines is 1. The fourth-order valence-corrected chi connectivity index (χ4v) is 2.64. The summed E-state index contributed by atoms with van der Waals surface area (Å²) in [5, 5.41) is 52.4. The first-order valence-corrected chi connectivity index (χ1v) is 9.71. The fraction of sp³-hybridized carbons (Fsp3) is 0.643. The van der Waals surface area contributed by atoms with Gasteiger partial charge in [0.25, 0.3) is 5.12 Å². The standard InChI is InChI=1S/C9H13N3O5.C5H10O7S/c10-5-1-2-12(9(16)11-5)8-7(15)6(14)4(3-13)17-8;6-2-4(8)3(7)1-5(9)13(10,11)12/h1-2,4,6-8,13-15H,3H2,(H2,10,11,16);3-4,6-8H,1-2H2,(H,10,11,12)/t4-,6-,7-,8-;/m1./s1. The lowest BCUT2D eigenvalue weighted by Gasteiger charge is -2.16. The average molecular weight is 457 g/mol. The molecule has 0 bridgehead atoms. The van der Waals surface area contributed by atoms with Crippen molar-refractivity contribution >= 4 is 21.1 Å². The van der Waals surface area contributed by atoms with E-state index in [1.54, 1.807) is 0 Å². The normalized spacial score (nSPS) is 25.8. The molecule has 1 fully saturated rings. The molecule has 0 saturated carbocycles. The van der Waals surface area contributed by atoms with Crippen molar-refractivity contribution < 1.29 is 53.1 Å². The van der Waals surface area contributed by atoms with Crippen LogP contribution >= 0.6 is 0 Å². The molecular weight excluding hydrogens is 434 g/mol. The van der Waals surface area contributed by atoms with Crippen LogP contribution in [0.15, 0.2) is 17.1 Å². The zero-order chi connectivity index (χ0) is 23.2. The molecule has 16 heteroatoms. The largest absolute Gasteiger partial charge is 0.394 e. The molecule has 0 aromatic carbocycles. The second-order valence-corrected chi connectivity index (χ2v) is 7.55. The number of hydrogen-bond donors (Lipinski definition) is 8. The summed E-state index contributed by atoms with van der Waals surface area (Å²) in [7, 11) is -4.83. The number of ether oxygens (including phenoxy) is 1. The molecule has 0 aliphatic carbocycles. The Morgan fingerprint density at radius 2 is 1.83 bits per heavy atom. The van der Waals surface area contributed by atoms with E-state index in [1.807, 2.05) is 0 Å². The maximum Gasteiger partial charge on any atom is 0.351 e. The lowest BCUT2D eigenvalue weighted by atomic mass is 10.1. The van der Waals surface area contributed by atoms with Crippen molar-refractivity contribution in [1.82, 2.24) is 9.55 Å². The molecular formula is C14H23N3O12S. The smallest absolute Gasteiger partial charge is 0.351 e. The Bertz CT molecular complexity index is 875. The van der Waals surface area contributed by atoms with Crippen LogP contribution in [0, 0.1) is 0 Å². The van der Waals surface area contributed by atoms with Crippen molar-refractivity contribution in [3.63, 3.8) is 0 Å². The number of nitrogens with zero attached hydrogens (tertiary/aromatic N) is 2. The number of aliphatic hydroxyl groups excluding tert-OH is 6. The van der Waals surface area contributed by atoms with E-state index >= 15 is 0 Å². The number of hydrogen-bond acceptors (Lipinski definition) is 13. The number of aliphatic hydroxyl groups is 6. The quantitative estimate of drug-likeness (QED) is 0.186. The molecule has 1 aromatic heterocycles. The maximum absolute atomic E-state index is 11.5. The highest BCUT2D eigenvalue weighted by atomic mass is 32.2. The minimum Gasteiger partial charge on any atom is -0.394 e. The van der Waals surface area contributed by atoms with Crippen molar-refractivity contribution in [1.29, 1.82) is 0 Å². The highest BCUT2D eigenvalue weighted by Crippen LogP contribution is 2.27. The lowest BCUT2D eigenvalue weighted by Crippen LogP contribution is -2.36. The van der Waals surface area contributed by atoms with E-state index < -0.39 is 77.3 Å². The molecule has 1 saturated heterocycles. The predicted molar refractivity (Wildman–Crippen MR) is 96.2 cm³/mol. The Balaban J connectivity index is 0.000000314. The summed E-state index contributed by atoms with van der Waals surface area (Å²) in [5.41, 5.74) is 4.63. The Hall–Kier alpha value is -2.02. The third-order valence-electron chi connectivity index (χ3n) is 3.94. The fourth-order valence-electron chi connectivity index (χ4n) is 2.26. The molecule has 0 radical (unpaired) electrons. The molecule has 172 valence electrons. The summed E-state index contributed by atoms with van der Waals surface area (Å²) in [6, 6.07) is 1.37. The summed E-state index contributed by atoms with van der Waals surface area (Å²) >= 11 is 0. The van der Waals surface area contributed by atoms with E-state index in [1.165, 1.54) is 12.3 Å². The van der Waals surface area contributed by atoms with Gasteiger partial charge >= 0.3 is 15.8 Å². The van der Waals surface area contributed by atoms with Crippen molar-refractivity contribution in [2.75, 3.05) is 18.9 Å². The van der Waals surface area contributed by atoms with Crippen LogP contribution < -0.4 is 11.4 Å². The summed E-state index contributed by atoms with van der Waals surface area (Å²) in [6.07, 6.45) is -7.54. The molecule has 1 aromatic rings. The van der Waals surface area contributed by atoms with Gasteiger partial charge in [-0.05, 0) is 6.07 Å². The summed E-state index contributed by atoms with van der Waals surface area (Å²) < 4.78 is 34.6. The SMILES string of the molecule is Nc1ccn([C@@H]2O[C@H](CO)[C@@H](O)[C@H]2O)c(=O)n1.O=C(CC(O)C(O)CO)S(=O)(=O)O. The average Bonchev–Trinajstić information content (AvgIpc) is 2.95. The van der Waals surface area contributed by atoms with Crippen LogP contribution in [0.4, 0.5) is 5.82 Å². The van der Waals surface area contributed by atoms with Gasteiger partial charge in [0.2, 0.25) is 0 Å². The van der Waals surface area contributed by atoms with Gasteiger partial charge in [0.05, 0.1) is 25.7 Å². The molecule has 0 spiro atoms. The molecule has 15 nitrogen and oxygen atoms in total. The van der Waals surface area contributed by atoms with Crippen LogP contribution in [-0.4, -0.2) is 102 Å². The van der Waals surface area contributed by atoms with Gasteiger partial charge in [-0.2, -0.15) is 13.4 Å². The molecule has 1 aliphatic heterocycles. The van der Waals surface area contributed by atoms with Gasteiger partial charge in [-0.15, -0.1) is 0 Å². The summed E-state index contributed by atoms with van der Waals surface area (Å²) in [6.45, 7) is -1.26. The van der Waals surface area contributed by atoms with Crippen LogP contribution in [-0.2, 0) is 19.6 Å². The first-order chi connectivity index (χ1) is 13.8. The third kappa shape index (κ3) is 6.76. The van der Waals surface area contributed by atoms with E-state index in [9.17, 15) is 28.2 Å². The third-order valence-corrected chi connectivity index (χ3v) is 4.68. The van der Waals surface area contributed by atoms with Gasteiger partial charge in [-0.1, -0.05) is 0 Å². The second kappa shape index (κ2) is 10.8. The van der Waals surface area contributed by atoms with Gasteiger partial charge in [0.15, 0.2) is 6.23 Å². The Labute approximate surface area is 169 Å². The number of aromatic nitrogens is 2. The minimum absolute atomic E-state index is 0.0537. The highest BCUT2D eigenvalue weighted by molar-refractivity contribution is 8.01. The first-order valence-electron chi connectivity index (χ1n) is 8.27. The van der Waals surface area contributed by atoms with Crippen LogP contribution in [0.1, 0.15) is 12.6 Å². The van der Waals surface area contributed by atoms with Crippen molar-refractivity contribution in [3.05, 3.63) is 22.7 Å². The Morgan fingerprint density at radius 1 is 1.23 bits per heavy atom. The van der Waals surface area contributed by atoms with E-state index in [4.69, 9.17) is 35.4 Å². The van der Waals surface area contributed by atoms with Crippen molar-refractivity contribution in [2.45, 2.75) is 43.2 Å². The number of carbonyl (C=O) groups excluding carboxylic acids is 1. The number of carbonyl (C=O) groups is 1. The zero-order valence-electron chi connectivity index (χ0n) is 15.3. The predicted octanol–water partition coefficient (Wildman–Crippen LogP) is -5.06. The number of rotatable bonds is 6. The van der Waals surface area contributed by atoms with Crippen LogP contribution in [0.25, 0.3) is 0 Å². The molecule has 9 N–H and O–H groups in total. The number of nitrogen functional groups attached to an aromatic ring is 1. The molecule has 2 heterocycles. The second-order valence-electron chi connectivity index (χ2n) is 6.14. The number of nitrogens with two attached hydrogens (primary N) is 1. The topological polar surface area (TPSA) is 263 Å². The Kier molecular flexibility index (Phi) is 9.40. The maximum atomic E-state index is 11.5. The van der Waals surface area contributed by atoms with E-state index in [0.29, 0.717) is 0 Å². The molecule has 2 rings (SSSR count). The van der Waals surface area contributed by atoms with Crippen LogP contribution in [0.2, 0.25) is 0 Å². The van der Waals surface area contributed by atoms with Crippen LogP contribution in [0.3, 0.4) is 0 Å². The van der Waals surface area contributed by atoms with E-state index in [-0.39, 0.29) is 5.82 Å². The van der Waals surface area contributed by atoms with Crippen LogP contribution in [0.5, 0.6) is 0 Å². The molecule has 1 aliphatic rings. The van der Waals surface area contributed by atoms with Gasteiger partial charge < -0.3 is 41.1 Å². The lowest BCUT2D eigenvalue weighted by molar-refractivity contribution is -0.116. The van der Waals surface area contributed by atoms with Crippen molar-refractivity contribution in [3.8, 4) is 0 Å².